The number of ketones is 2. The van der Waals surface area contributed by atoms with Gasteiger partial charge in [0.1, 0.15) is 0 Å². The molecule has 2 fully saturated rings. The van der Waals surface area contributed by atoms with E-state index >= 15 is 0 Å². The maximum absolute atomic E-state index is 13.7. The van der Waals surface area contributed by atoms with Crippen molar-refractivity contribution in [3.63, 3.8) is 0 Å². The van der Waals surface area contributed by atoms with Crippen molar-refractivity contribution in [3.05, 3.63) is 94.1 Å². The molecule has 0 radical (unpaired) electrons. The molecule has 0 unspecified atom stereocenters. The van der Waals surface area contributed by atoms with Gasteiger partial charge in [0.15, 0.2) is 11.6 Å². The van der Waals surface area contributed by atoms with E-state index in [9.17, 15) is 9.59 Å². The van der Waals surface area contributed by atoms with Crippen LogP contribution in [0.5, 0.6) is 0 Å². The maximum Gasteiger partial charge on any atom is 0.169 e. The fourth-order valence-corrected chi connectivity index (χ4v) is 7.07. The van der Waals surface area contributed by atoms with Crippen molar-refractivity contribution >= 4 is 11.6 Å². The summed E-state index contributed by atoms with van der Waals surface area (Å²) >= 11 is 0. The lowest BCUT2D eigenvalue weighted by molar-refractivity contribution is -0.147. The molecule has 2 saturated heterocycles. The summed E-state index contributed by atoms with van der Waals surface area (Å²) in [4.78, 5) is 27.3. The third-order valence-electron chi connectivity index (χ3n) is 8.15. The predicted molar refractivity (Wildman–Crippen MR) is 106 cm³/mol. The van der Waals surface area contributed by atoms with Crippen molar-refractivity contribution in [1.29, 1.82) is 0 Å². The van der Waals surface area contributed by atoms with Gasteiger partial charge in [0.25, 0.3) is 0 Å². The quantitative estimate of drug-likeness (QED) is 0.675. The van der Waals surface area contributed by atoms with Crippen LogP contribution in [-0.2, 0) is 19.1 Å². The van der Waals surface area contributed by atoms with Gasteiger partial charge in [-0.1, -0.05) is 60.7 Å². The van der Waals surface area contributed by atoms with Crippen LogP contribution in [0.3, 0.4) is 0 Å². The van der Waals surface area contributed by atoms with Gasteiger partial charge in [-0.15, -0.1) is 0 Å². The standard InChI is InChI=1S/C26H18O4/c27-21-15-9-10-16-22(28)19(25-12-6-2-1-5-11(12)23(16)29-25)17(15)18-20(21)26-14-8-4-3-7-13(14)24(18)30-26/h1-10,16,18-20,23-26H/t16-,18+,19+,20+,23+,24+,25-,26-/m0/s1. The maximum atomic E-state index is 13.7. The highest BCUT2D eigenvalue weighted by Gasteiger charge is 2.64. The minimum absolute atomic E-state index is 0.0716. The lowest BCUT2D eigenvalue weighted by Crippen LogP contribution is -2.38. The Hall–Kier alpha value is -2.82. The SMILES string of the molecule is O=C1C2=C([C@@H]3C(=O)[C@H](C=C2)[C@@H]2O[C@H]3c3ccccc32)[C@@H]2[C@H]1[C@H]1O[C@@H]2c2ccccc21. The monoisotopic (exact) mass is 394 g/mol. The van der Waals surface area contributed by atoms with Crippen LogP contribution < -0.4 is 0 Å². The molecule has 8 atom stereocenters. The Morgan fingerprint density at radius 1 is 0.667 bits per heavy atom. The zero-order chi connectivity index (χ0) is 19.7. The normalized spacial score (nSPS) is 40.9. The fraction of sp³-hybridized carbons (Fsp3) is 0.308. The van der Waals surface area contributed by atoms with Gasteiger partial charge in [-0.25, -0.2) is 0 Å². The molecule has 6 aliphatic rings. The average molecular weight is 394 g/mol. The summed E-state index contributed by atoms with van der Waals surface area (Å²) in [5.41, 5.74) is 6.23. The molecular weight excluding hydrogens is 376 g/mol. The molecule has 0 amide bonds. The highest BCUT2D eigenvalue weighted by atomic mass is 16.5. The van der Waals surface area contributed by atoms with Crippen LogP contribution in [0.4, 0.5) is 0 Å². The van der Waals surface area contributed by atoms with E-state index in [0.29, 0.717) is 0 Å². The lowest BCUT2D eigenvalue weighted by Gasteiger charge is -2.36. The van der Waals surface area contributed by atoms with Gasteiger partial charge in [0, 0.05) is 11.5 Å². The first-order chi connectivity index (χ1) is 14.7. The Morgan fingerprint density at radius 2 is 1.23 bits per heavy atom. The molecule has 0 N–H and O–H groups in total. The Kier molecular flexibility index (Phi) is 2.70. The van der Waals surface area contributed by atoms with Crippen molar-refractivity contribution in [2.24, 2.45) is 23.7 Å². The largest absolute Gasteiger partial charge is 0.364 e. The second-order valence-electron chi connectivity index (χ2n) is 9.26. The van der Waals surface area contributed by atoms with E-state index in [4.69, 9.17) is 9.47 Å². The number of fused-ring (bicyclic) bond motifs is 19. The van der Waals surface area contributed by atoms with Gasteiger partial charge in [-0.05, 0) is 27.8 Å². The summed E-state index contributed by atoms with van der Waals surface area (Å²) in [5.74, 6) is -0.709. The summed E-state index contributed by atoms with van der Waals surface area (Å²) in [6.45, 7) is 0. The number of hydrogen-bond donors (Lipinski definition) is 0. The zero-order valence-electron chi connectivity index (χ0n) is 16.0. The Balaban J connectivity index is 1.35. The van der Waals surface area contributed by atoms with Crippen LogP contribution in [0.25, 0.3) is 0 Å². The number of allylic oxidation sites excluding steroid dienone is 2. The smallest absolute Gasteiger partial charge is 0.169 e. The van der Waals surface area contributed by atoms with Gasteiger partial charge >= 0.3 is 0 Å². The van der Waals surface area contributed by atoms with Gasteiger partial charge in [-0.3, -0.25) is 9.59 Å². The number of benzene rings is 2. The third kappa shape index (κ3) is 1.59. The number of ether oxygens (including phenoxy) is 2. The van der Waals surface area contributed by atoms with Crippen LogP contribution in [0.15, 0.2) is 71.8 Å². The summed E-state index contributed by atoms with van der Waals surface area (Å²) < 4.78 is 12.8. The molecule has 146 valence electrons. The average Bonchev–Trinajstić information content (AvgIpc) is 3.48. The Morgan fingerprint density at radius 3 is 1.93 bits per heavy atom. The van der Waals surface area contributed by atoms with Crippen molar-refractivity contribution in [2.45, 2.75) is 24.4 Å². The van der Waals surface area contributed by atoms with Gasteiger partial charge < -0.3 is 9.47 Å². The third-order valence-corrected chi connectivity index (χ3v) is 8.15. The summed E-state index contributed by atoms with van der Waals surface area (Å²) in [6.07, 6.45) is 2.95. The second-order valence-corrected chi connectivity index (χ2v) is 9.26. The molecule has 4 heteroatoms. The van der Waals surface area contributed by atoms with E-state index in [1.165, 1.54) is 5.56 Å². The highest BCUT2D eigenvalue weighted by Crippen LogP contribution is 2.67. The second kappa shape index (κ2) is 5.08. The molecule has 0 spiro atoms. The van der Waals surface area contributed by atoms with Crippen molar-refractivity contribution in [1.82, 2.24) is 0 Å². The number of rotatable bonds is 0. The van der Waals surface area contributed by atoms with E-state index in [0.717, 1.165) is 27.8 Å². The molecule has 0 saturated carbocycles. The molecule has 4 heterocycles. The number of carbonyl (C=O) groups excluding carboxylic acids is 2. The van der Waals surface area contributed by atoms with Crippen LogP contribution in [-0.4, -0.2) is 11.6 Å². The topological polar surface area (TPSA) is 52.6 Å². The number of carbonyl (C=O) groups is 2. The van der Waals surface area contributed by atoms with Crippen LogP contribution in [0.2, 0.25) is 0 Å². The molecular formula is C26H18O4. The lowest BCUT2D eigenvalue weighted by atomic mass is 9.70. The summed E-state index contributed by atoms with van der Waals surface area (Å²) in [5, 5.41) is 0. The van der Waals surface area contributed by atoms with E-state index in [2.05, 4.69) is 24.3 Å². The minimum Gasteiger partial charge on any atom is -0.364 e. The molecule has 30 heavy (non-hydrogen) atoms. The molecule has 8 rings (SSSR count). The first kappa shape index (κ1) is 15.9. The summed E-state index contributed by atoms with van der Waals surface area (Å²) in [6, 6.07) is 16.4. The van der Waals surface area contributed by atoms with Crippen LogP contribution in [0.1, 0.15) is 46.7 Å². The molecule has 4 aliphatic heterocycles. The molecule has 2 aromatic rings. The minimum atomic E-state index is -0.408. The first-order valence-electron chi connectivity index (χ1n) is 10.7. The fourth-order valence-electron chi connectivity index (χ4n) is 7.07. The van der Waals surface area contributed by atoms with Crippen molar-refractivity contribution < 1.29 is 19.1 Å². The highest BCUT2D eigenvalue weighted by molar-refractivity contribution is 6.07. The Labute approximate surface area is 173 Å². The van der Waals surface area contributed by atoms with Crippen molar-refractivity contribution in [3.8, 4) is 0 Å². The molecule has 6 bridgehead atoms. The van der Waals surface area contributed by atoms with Crippen LogP contribution >= 0.6 is 0 Å². The van der Waals surface area contributed by atoms with Gasteiger partial charge in [0.05, 0.1) is 42.2 Å². The molecule has 2 aliphatic carbocycles. The van der Waals surface area contributed by atoms with Crippen LogP contribution in [0, 0.1) is 23.7 Å². The van der Waals surface area contributed by atoms with E-state index < -0.39 is 5.92 Å². The molecule has 0 aromatic heterocycles. The molecule has 4 nitrogen and oxygen atoms in total. The van der Waals surface area contributed by atoms with E-state index in [1.807, 2.05) is 36.4 Å². The zero-order valence-corrected chi connectivity index (χ0v) is 16.0. The van der Waals surface area contributed by atoms with E-state index in [1.54, 1.807) is 0 Å². The van der Waals surface area contributed by atoms with Gasteiger partial charge in [0.2, 0.25) is 0 Å². The van der Waals surface area contributed by atoms with Crippen molar-refractivity contribution in [2.75, 3.05) is 0 Å². The Bertz CT molecular complexity index is 1250. The predicted octanol–water partition coefficient (Wildman–Crippen LogP) is 4.12. The van der Waals surface area contributed by atoms with E-state index in [-0.39, 0.29) is 53.7 Å². The number of hydrogen-bond acceptors (Lipinski definition) is 4. The molecule has 2 aromatic carbocycles. The summed E-state index contributed by atoms with van der Waals surface area (Å²) in [7, 11) is 0. The first-order valence-corrected chi connectivity index (χ1v) is 10.7. The van der Waals surface area contributed by atoms with Gasteiger partial charge in [-0.2, -0.15) is 0 Å². The number of Topliss-reactive ketones (excluding diaryl/α,β-unsaturated/α-hetero) is 2.